The summed E-state index contributed by atoms with van der Waals surface area (Å²) in [7, 11) is 1.60. The summed E-state index contributed by atoms with van der Waals surface area (Å²) in [4.78, 5) is 20.7. The van der Waals surface area contributed by atoms with Gasteiger partial charge >= 0.3 is 0 Å². The van der Waals surface area contributed by atoms with Crippen LogP contribution in [0.2, 0.25) is 5.02 Å². The Bertz CT molecular complexity index is 929. The van der Waals surface area contributed by atoms with Crippen LogP contribution in [0.25, 0.3) is 0 Å². The smallest absolute Gasteiger partial charge is 0.258 e. The van der Waals surface area contributed by atoms with E-state index in [-0.39, 0.29) is 5.91 Å². The maximum Gasteiger partial charge on any atom is 0.258 e. The molecule has 0 saturated heterocycles. The normalized spacial score (nSPS) is 10.3. The predicted molar refractivity (Wildman–Crippen MR) is 102 cm³/mol. The highest BCUT2D eigenvalue weighted by Crippen LogP contribution is 2.23. The molecular formula is C19H17ClN4O2. The molecule has 6 nitrogen and oxygen atoms in total. The van der Waals surface area contributed by atoms with Gasteiger partial charge in [-0.3, -0.25) is 4.79 Å². The number of halogens is 1. The average Bonchev–Trinajstić information content (AvgIpc) is 2.66. The molecule has 0 aliphatic carbocycles. The summed E-state index contributed by atoms with van der Waals surface area (Å²) in [5.41, 5.74) is 2.59. The lowest BCUT2D eigenvalue weighted by atomic mass is 10.2. The summed E-state index contributed by atoms with van der Waals surface area (Å²) in [6.07, 6.45) is 2.93. The first-order chi connectivity index (χ1) is 12.6. The van der Waals surface area contributed by atoms with Crippen molar-refractivity contribution >= 4 is 34.8 Å². The maximum atomic E-state index is 12.4. The average molecular weight is 369 g/mol. The van der Waals surface area contributed by atoms with Crippen LogP contribution in [0, 0.1) is 6.92 Å². The lowest BCUT2D eigenvalue weighted by Crippen LogP contribution is -2.14. The SMILES string of the molecule is COc1cccc(Nc2ncc(C(=O)Nc3cccc(Cl)c3C)cn2)c1. The van der Waals surface area contributed by atoms with Gasteiger partial charge in [0.1, 0.15) is 5.75 Å². The zero-order valence-electron chi connectivity index (χ0n) is 14.3. The van der Waals surface area contributed by atoms with Crippen LogP contribution in [0.3, 0.4) is 0 Å². The number of carbonyl (C=O) groups is 1. The highest BCUT2D eigenvalue weighted by molar-refractivity contribution is 6.31. The number of hydrogen-bond acceptors (Lipinski definition) is 5. The Morgan fingerprint density at radius 1 is 1.12 bits per heavy atom. The monoisotopic (exact) mass is 368 g/mol. The second-order valence-electron chi connectivity index (χ2n) is 5.52. The molecule has 132 valence electrons. The van der Waals surface area contributed by atoms with Crippen LogP contribution in [0.5, 0.6) is 5.75 Å². The number of methoxy groups -OCH3 is 1. The molecule has 0 aliphatic heterocycles. The van der Waals surface area contributed by atoms with Gasteiger partial charge in [-0.05, 0) is 36.8 Å². The number of nitrogens with zero attached hydrogens (tertiary/aromatic N) is 2. The van der Waals surface area contributed by atoms with Crippen LogP contribution in [-0.4, -0.2) is 23.0 Å². The molecule has 0 saturated carbocycles. The number of benzene rings is 2. The van der Waals surface area contributed by atoms with Gasteiger partial charge in [0.2, 0.25) is 5.95 Å². The molecule has 2 N–H and O–H groups in total. The van der Waals surface area contributed by atoms with E-state index in [1.54, 1.807) is 25.3 Å². The zero-order chi connectivity index (χ0) is 18.5. The largest absolute Gasteiger partial charge is 0.497 e. The molecule has 0 fully saturated rings. The van der Waals surface area contributed by atoms with E-state index in [0.29, 0.717) is 22.2 Å². The van der Waals surface area contributed by atoms with E-state index in [1.807, 2.05) is 31.2 Å². The molecule has 0 spiro atoms. The van der Waals surface area contributed by atoms with E-state index in [4.69, 9.17) is 16.3 Å². The summed E-state index contributed by atoms with van der Waals surface area (Å²) in [6.45, 7) is 1.84. The van der Waals surface area contributed by atoms with Gasteiger partial charge in [-0.15, -0.1) is 0 Å². The molecule has 0 unspecified atom stereocenters. The standard InChI is InChI=1S/C19H17ClN4O2/c1-12-16(20)7-4-8-17(12)24-18(25)13-10-21-19(22-11-13)23-14-5-3-6-15(9-14)26-2/h3-11H,1-2H3,(H,24,25)(H,21,22,23). The Kier molecular flexibility index (Phi) is 5.34. The number of rotatable bonds is 5. The number of hydrogen-bond donors (Lipinski definition) is 2. The van der Waals surface area contributed by atoms with Crippen molar-refractivity contribution < 1.29 is 9.53 Å². The number of nitrogens with one attached hydrogen (secondary N) is 2. The first-order valence-corrected chi connectivity index (χ1v) is 8.24. The molecule has 0 radical (unpaired) electrons. The van der Waals surface area contributed by atoms with Crippen LogP contribution in [0.1, 0.15) is 15.9 Å². The minimum absolute atomic E-state index is 0.303. The summed E-state index contributed by atoms with van der Waals surface area (Å²) >= 11 is 6.07. The summed E-state index contributed by atoms with van der Waals surface area (Å²) in [6, 6.07) is 12.7. The Hall–Kier alpha value is -3.12. The first kappa shape index (κ1) is 17.7. The van der Waals surface area contributed by atoms with Crippen LogP contribution in [-0.2, 0) is 0 Å². The quantitative estimate of drug-likeness (QED) is 0.696. The van der Waals surface area contributed by atoms with Crippen molar-refractivity contribution in [2.45, 2.75) is 6.92 Å². The molecule has 0 bridgehead atoms. The van der Waals surface area contributed by atoms with E-state index in [2.05, 4.69) is 20.6 Å². The lowest BCUT2D eigenvalue weighted by molar-refractivity contribution is 0.102. The molecule has 3 aromatic rings. The van der Waals surface area contributed by atoms with Crippen molar-refractivity contribution in [1.29, 1.82) is 0 Å². The van der Waals surface area contributed by atoms with Gasteiger partial charge in [-0.1, -0.05) is 23.7 Å². The predicted octanol–water partition coefficient (Wildman–Crippen LogP) is 4.44. The minimum Gasteiger partial charge on any atom is -0.497 e. The fourth-order valence-corrected chi connectivity index (χ4v) is 2.45. The molecule has 1 aromatic heterocycles. The van der Waals surface area contributed by atoms with Gasteiger partial charge in [-0.2, -0.15) is 0 Å². The summed E-state index contributed by atoms with van der Waals surface area (Å²) in [5, 5.41) is 6.47. The third kappa shape index (κ3) is 4.10. The fraction of sp³-hybridized carbons (Fsp3) is 0.105. The third-order valence-electron chi connectivity index (χ3n) is 3.76. The Morgan fingerprint density at radius 3 is 2.58 bits per heavy atom. The van der Waals surface area contributed by atoms with Gasteiger partial charge in [0.25, 0.3) is 5.91 Å². The van der Waals surface area contributed by atoms with Crippen LogP contribution in [0.4, 0.5) is 17.3 Å². The highest BCUT2D eigenvalue weighted by atomic mass is 35.5. The summed E-state index contributed by atoms with van der Waals surface area (Å²) < 4.78 is 5.17. The Morgan fingerprint density at radius 2 is 1.85 bits per heavy atom. The third-order valence-corrected chi connectivity index (χ3v) is 4.17. The van der Waals surface area contributed by atoms with Crippen molar-refractivity contribution in [3.05, 3.63) is 71.0 Å². The molecular weight excluding hydrogens is 352 g/mol. The highest BCUT2D eigenvalue weighted by Gasteiger charge is 2.10. The van der Waals surface area contributed by atoms with E-state index in [1.165, 1.54) is 12.4 Å². The second kappa shape index (κ2) is 7.84. The van der Waals surface area contributed by atoms with Gasteiger partial charge in [0.15, 0.2) is 0 Å². The van der Waals surface area contributed by atoms with Crippen molar-refractivity contribution in [1.82, 2.24) is 9.97 Å². The molecule has 0 aliphatic rings. The molecule has 7 heteroatoms. The number of aromatic nitrogens is 2. The number of carbonyl (C=O) groups excluding carboxylic acids is 1. The molecule has 3 rings (SSSR count). The van der Waals surface area contributed by atoms with Crippen molar-refractivity contribution in [3.63, 3.8) is 0 Å². The Labute approximate surface area is 156 Å². The second-order valence-corrected chi connectivity index (χ2v) is 5.93. The molecule has 0 atom stereocenters. The van der Waals surface area contributed by atoms with E-state index in [9.17, 15) is 4.79 Å². The van der Waals surface area contributed by atoms with Gasteiger partial charge in [0.05, 0.1) is 12.7 Å². The number of amides is 1. The van der Waals surface area contributed by atoms with Gasteiger partial charge in [-0.25, -0.2) is 9.97 Å². The summed E-state index contributed by atoms with van der Waals surface area (Å²) in [5.74, 6) is 0.805. The van der Waals surface area contributed by atoms with Gasteiger partial charge < -0.3 is 15.4 Å². The first-order valence-electron chi connectivity index (χ1n) is 7.86. The Balaban J connectivity index is 1.70. The molecule has 2 aromatic carbocycles. The van der Waals surface area contributed by atoms with Gasteiger partial charge in [0, 0.05) is 34.9 Å². The number of ether oxygens (including phenoxy) is 1. The molecule has 1 amide bonds. The van der Waals surface area contributed by atoms with E-state index in [0.717, 1.165) is 17.0 Å². The van der Waals surface area contributed by atoms with Crippen LogP contribution >= 0.6 is 11.6 Å². The van der Waals surface area contributed by atoms with Crippen LogP contribution < -0.4 is 15.4 Å². The molecule has 26 heavy (non-hydrogen) atoms. The minimum atomic E-state index is -0.303. The lowest BCUT2D eigenvalue weighted by Gasteiger charge is -2.10. The number of anilines is 3. The van der Waals surface area contributed by atoms with Crippen molar-refractivity contribution in [2.24, 2.45) is 0 Å². The van der Waals surface area contributed by atoms with Crippen molar-refractivity contribution in [3.8, 4) is 5.75 Å². The maximum absolute atomic E-state index is 12.4. The topological polar surface area (TPSA) is 76.1 Å². The van der Waals surface area contributed by atoms with E-state index >= 15 is 0 Å². The van der Waals surface area contributed by atoms with E-state index < -0.39 is 0 Å². The fourth-order valence-electron chi connectivity index (χ4n) is 2.28. The van der Waals surface area contributed by atoms with Crippen molar-refractivity contribution in [2.75, 3.05) is 17.7 Å². The molecule has 1 heterocycles. The zero-order valence-corrected chi connectivity index (χ0v) is 15.0. The van der Waals surface area contributed by atoms with Crippen LogP contribution in [0.15, 0.2) is 54.9 Å².